The molecular weight excluding hydrogens is 304 g/mol. The quantitative estimate of drug-likeness (QED) is 0.565. The third-order valence-corrected chi connectivity index (χ3v) is 4.00. The van der Waals surface area contributed by atoms with Gasteiger partial charge in [0.2, 0.25) is 0 Å². The van der Waals surface area contributed by atoms with Gasteiger partial charge >= 0.3 is 0 Å². The smallest absolute Gasteiger partial charge is 0.270 e. The number of nitrogens with one attached hydrogen (secondary N) is 1. The summed E-state index contributed by atoms with van der Waals surface area (Å²) in [4.78, 5) is 23.2. The first-order chi connectivity index (χ1) is 11.5. The topological polar surface area (TPSA) is 72.2 Å². The normalized spacial score (nSPS) is 10.6. The van der Waals surface area contributed by atoms with Crippen LogP contribution in [-0.4, -0.2) is 10.8 Å². The van der Waals surface area contributed by atoms with E-state index >= 15 is 0 Å². The van der Waals surface area contributed by atoms with Crippen molar-refractivity contribution in [1.29, 1.82) is 0 Å². The second-order valence-electron chi connectivity index (χ2n) is 5.69. The number of non-ortho nitro benzene ring substituents is 1. The minimum atomic E-state index is -0.434. The SMILES string of the molecule is Cc1cc([N+](=O)[O-])cc(C)c1NC(=O)c1cccc2ccccc12. The van der Waals surface area contributed by atoms with E-state index < -0.39 is 4.92 Å². The molecule has 0 atom stereocenters. The average Bonchev–Trinajstić information content (AvgIpc) is 2.57. The highest BCUT2D eigenvalue weighted by Gasteiger charge is 2.16. The van der Waals surface area contributed by atoms with E-state index in [0.717, 1.165) is 10.8 Å². The van der Waals surface area contributed by atoms with Crippen molar-refractivity contribution >= 4 is 28.1 Å². The van der Waals surface area contributed by atoms with Crippen LogP contribution in [0.3, 0.4) is 0 Å². The van der Waals surface area contributed by atoms with Gasteiger partial charge in [-0.15, -0.1) is 0 Å². The fourth-order valence-corrected chi connectivity index (χ4v) is 2.85. The molecule has 3 aromatic rings. The molecule has 5 heteroatoms. The second kappa shape index (κ2) is 6.12. The molecule has 3 rings (SSSR count). The lowest BCUT2D eigenvalue weighted by Gasteiger charge is -2.13. The molecule has 0 aliphatic carbocycles. The van der Waals surface area contributed by atoms with Gasteiger partial charge in [0.25, 0.3) is 11.6 Å². The van der Waals surface area contributed by atoms with Gasteiger partial charge in [-0.25, -0.2) is 0 Å². The maximum atomic E-state index is 12.7. The van der Waals surface area contributed by atoms with Gasteiger partial charge in [-0.3, -0.25) is 14.9 Å². The van der Waals surface area contributed by atoms with E-state index in [1.165, 1.54) is 12.1 Å². The molecule has 0 aliphatic rings. The Balaban J connectivity index is 1.99. The van der Waals surface area contributed by atoms with Crippen LogP contribution in [0.1, 0.15) is 21.5 Å². The van der Waals surface area contributed by atoms with Crippen molar-refractivity contribution in [1.82, 2.24) is 0 Å². The predicted molar refractivity (Wildman–Crippen MR) is 94.5 cm³/mol. The Morgan fingerprint density at radius 3 is 2.29 bits per heavy atom. The number of carbonyl (C=O) groups is 1. The number of hydrogen-bond acceptors (Lipinski definition) is 3. The van der Waals surface area contributed by atoms with Crippen LogP contribution in [0.15, 0.2) is 54.6 Å². The Labute approximate surface area is 139 Å². The van der Waals surface area contributed by atoms with Crippen molar-refractivity contribution in [2.45, 2.75) is 13.8 Å². The first kappa shape index (κ1) is 15.7. The molecule has 1 N–H and O–H groups in total. The van der Waals surface area contributed by atoms with Crippen LogP contribution in [-0.2, 0) is 0 Å². The summed E-state index contributed by atoms with van der Waals surface area (Å²) in [5.41, 5.74) is 2.53. The van der Waals surface area contributed by atoms with Crippen molar-refractivity contribution < 1.29 is 9.72 Å². The summed E-state index contributed by atoms with van der Waals surface area (Å²) in [6.45, 7) is 3.50. The number of carbonyl (C=O) groups excluding carboxylic acids is 1. The van der Waals surface area contributed by atoms with Gasteiger partial charge in [0.05, 0.1) is 4.92 Å². The zero-order chi connectivity index (χ0) is 17.3. The van der Waals surface area contributed by atoms with E-state index in [0.29, 0.717) is 22.4 Å². The fourth-order valence-electron chi connectivity index (χ4n) is 2.85. The van der Waals surface area contributed by atoms with Crippen LogP contribution in [0, 0.1) is 24.0 Å². The zero-order valence-corrected chi connectivity index (χ0v) is 13.4. The molecule has 0 fully saturated rings. The van der Waals surface area contributed by atoms with Crippen molar-refractivity contribution in [2.24, 2.45) is 0 Å². The summed E-state index contributed by atoms with van der Waals surface area (Å²) in [5.74, 6) is -0.230. The minimum Gasteiger partial charge on any atom is -0.321 e. The number of nitro benzene ring substituents is 1. The lowest BCUT2D eigenvalue weighted by Crippen LogP contribution is -2.14. The molecule has 0 heterocycles. The van der Waals surface area contributed by atoms with Gasteiger partial charge in [0.1, 0.15) is 0 Å². The fraction of sp³-hybridized carbons (Fsp3) is 0.105. The molecular formula is C19H16N2O3. The lowest BCUT2D eigenvalue weighted by molar-refractivity contribution is -0.384. The van der Waals surface area contributed by atoms with Crippen LogP contribution in [0.5, 0.6) is 0 Å². The number of amides is 1. The molecule has 120 valence electrons. The van der Waals surface area contributed by atoms with Gasteiger partial charge < -0.3 is 5.32 Å². The van der Waals surface area contributed by atoms with Crippen molar-refractivity contribution in [3.05, 3.63) is 81.4 Å². The third-order valence-electron chi connectivity index (χ3n) is 4.00. The molecule has 0 radical (unpaired) electrons. The molecule has 5 nitrogen and oxygen atoms in total. The summed E-state index contributed by atoms with van der Waals surface area (Å²) in [5, 5.41) is 15.7. The highest BCUT2D eigenvalue weighted by molar-refractivity contribution is 6.13. The molecule has 1 amide bonds. The second-order valence-corrected chi connectivity index (χ2v) is 5.69. The molecule has 0 spiro atoms. The molecule has 0 unspecified atom stereocenters. The van der Waals surface area contributed by atoms with Gasteiger partial charge in [-0.2, -0.15) is 0 Å². The molecule has 0 bridgehead atoms. The average molecular weight is 320 g/mol. The lowest BCUT2D eigenvalue weighted by atomic mass is 10.0. The standard InChI is InChI=1S/C19H16N2O3/c1-12-10-15(21(23)24)11-13(2)18(12)20-19(22)17-9-5-7-14-6-3-4-8-16(14)17/h3-11H,1-2H3,(H,20,22). The van der Waals surface area contributed by atoms with Crippen LogP contribution >= 0.6 is 0 Å². The molecule has 24 heavy (non-hydrogen) atoms. The maximum Gasteiger partial charge on any atom is 0.270 e. The largest absolute Gasteiger partial charge is 0.321 e. The summed E-state index contributed by atoms with van der Waals surface area (Å²) in [7, 11) is 0. The number of hydrogen-bond donors (Lipinski definition) is 1. The van der Waals surface area contributed by atoms with Gasteiger partial charge in [0, 0.05) is 23.4 Å². The van der Waals surface area contributed by atoms with Gasteiger partial charge in [-0.05, 0) is 41.8 Å². The van der Waals surface area contributed by atoms with Crippen LogP contribution in [0.2, 0.25) is 0 Å². The minimum absolute atomic E-state index is 0.0214. The van der Waals surface area contributed by atoms with E-state index in [9.17, 15) is 14.9 Å². The summed E-state index contributed by atoms with van der Waals surface area (Å²) in [6, 6.07) is 16.2. The summed E-state index contributed by atoms with van der Waals surface area (Å²) >= 11 is 0. The molecule has 0 aliphatic heterocycles. The van der Waals surface area contributed by atoms with Crippen LogP contribution in [0.25, 0.3) is 10.8 Å². The van der Waals surface area contributed by atoms with E-state index in [1.807, 2.05) is 36.4 Å². The van der Waals surface area contributed by atoms with E-state index in [-0.39, 0.29) is 11.6 Å². The van der Waals surface area contributed by atoms with E-state index in [4.69, 9.17) is 0 Å². The Morgan fingerprint density at radius 1 is 1.00 bits per heavy atom. The maximum absolute atomic E-state index is 12.7. The van der Waals surface area contributed by atoms with Crippen LogP contribution in [0.4, 0.5) is 11.4 Å². The Hall–Kier alpha value is -3.21. The number of nitrogens with zero attached hydrogens (tertiary/aromatic N) is 1. The van der Waals surface area contributed by atoms with Crippen LogP contribution < -0.4 is 5.32 Å². The first-order valence-corrected chi connectivity index (χ1v) is 7.52. The number of rotatable bonds is 3. The number of anilines is 1. The van der Waals surface area contributed by atoms with Gasteiger partial charge in [-0.1, -0.05) is 36.4 Å². The highest BCUT2D eigenvalue weighted by Crippen LogP contribution is 2.27. The zero-order valence-electron chi connectivity index (χ0n) is 13.4. The molecule has 0 saturated heterocycles. The molecule has 0 aromatic heterocycles. The van der Waals surface area contributed by atoms with Crippen molar-refractivity contribution in [3.8, 4) is 0 Å². The van der Waals surface area contributed by atoms with E-state index in [1.54, 1.807) is 19.9 Å². The Morgan fingerprint density at radius 2 is 1.62 bits per heavy atom. The Bertz CT molecular complexity index is 935. The number of aryl methyl sites for hydroxylation is 2. The summed E-state index contributed by atoms with van der Waals surface area (Å²) in [6.07, 6.45) is 0. The predicted octanol–water partition coefficient (Wildman–Crippen LogP) is 4.62. The number of benzene rings is 3. The highest BCUT2D eigenvalue weighted by atomic mass is 16.6. The van der Waals surface area contributed by atoms with Crippen molar-refractivity contribution in [3.63, 3.8) is 0 Å². The summed E-state index contributed by atoms with van der Waals surface area (Å²) < 4.78 is 0. The molecule has 3 aromatic carbocycles. The first-order valence-electron chi connectivity index (χ1n) is 7.52. The monoisotopic (exact) mass is 320 g/mol. The number of fused-ring (bicyclic) bond motifs is 1. The van der Waals surface area contributed by atoms with Crippen molar-refractivity contribution in [2.75, 3.05) is 5.32 Å². The number of nitro groups is 1. The third kappa shape index (κ3) is 2.84. The van der Waals surface area contributed by atoms with Gasteiger partial charge in [0.15, 0.2) is 0 Å². The Kier molecular flexibility index (Phi) is 4.00. The van der Waals surface area contributed by atoms with E-state index in [2.05, 4.69) is 5.32 Å². The molecule has 0 saturated carbocycles.